The zero-order chi connectivity index (χ0) is 10.8. The molecule has 0 aliphatic carbocycles. The van der Waals surface area contributed by atoms with Crippen LogP contribution in [0.5, 0.6) is 0 Å². The third-order valence-corrected chi connectivity index (χ3v) is 3.61. The van der Waals surface area contributed by atoms with Crippen LogP contribution in [0.4, 0.5) is 0 Å². The summed E-state index contributed by atoms with van der Waals surface area (Å²) >= 11 is 0. The van der Waals surface area contributed by atoms with E-state index >= 15 is 0 Å². The van der Waals surface area contributed by atoms with Crippen molar-refractivity contribution < 1.29 is 9.13 Å². The summed E-state index contributed by atoms with van der Waals surface area (Å²) in [5.74, 6) is 0. The molecular formula is C9H18N3OP+2. The molecule has 0 aliphatic heterocycles. The molecule has 1 rings (SSSR count). The molecule has 0 radical (unpaired) electrons. The lowest BCUT2D eigenvalue weighted by Crippen LogP contribution is -2.48. The molecule has 1 aromatic heterocycles. The van der Waals surface area contributed by atoms with Crippen LogP contribution in [0.25, 0.3) is 0 Å². The minimum absolute atomic E-state index is 0.312. The average Bonchev–Trinajstić information content (AvgIpc) is 2.66. The highest BCUT2D eigenvalue weighted by Gasteiger charge is 2.37. The number of hydrogen-bond acceptors (Lipinski definition) is 2. The summed E-state index contributed by atoms with van der Waals surface area (Å²) in [6, 6.07) is 0.340. The third-order valence-electron chi connectivity index (χ3n) is 2.56. The Morgan fingerprint density at radius 1 is 1.64 bits per heavy atom. The lowest BCUT2D eigenvalue weighted by molar-refractivity contribution is -0.737. The lowest BCUT2D eigenvalue weighted by atomic mass is 10.2. The minimum atomic E-state index is -0.354. The van der Waals surface area contributed by atoms with Crippen LogP contribution >= 0.6 is 8.46 Å². The van der Waals surface area contributed by atoms with Crippen molar-refractivity contribution in [1.29, 1.82) is 0 Å². The summed E-state index contributed by atoms with van der Waals surface area (Å²) in [5.41, 5.74) is 0. The summed E-state index contributed by atoms with van der Waals surface area (Å²) in [7, 11) is -0.354. The van der Waals surface area contributed by atoms with Crippen molar-refractivity contribution in [2.24, 2.45) is 0 Å². The second kappa shape index (κ2) is 4.18. The standard InChI is InChI=1S/C9H17N3OP/c1-5-9(4,14-13)11-6-10-12(7-11)8(2)3/h6-8H,5H2,1-4H3/q+1/p+1. The van der Waals surface area contributed by atoms with E-state index in [0.717, 1.165) is 6.42 Å². The molecule has 5 heteroatoms. The van der Waals surface area contributed by atoms with Crippen molar-refractivity contribution in [1.82, 2.24) is 9.78 Å². The van der Waals surface area contributed by atoms with Gasteiger partial charge in [-0.3, -0.25) is 0 Å². The van der Waals surface area contributed by atoms with Gasteiger partial charge in [-0.15, -0.1) is 4.68 Å². The fourth-order valence-corrected chi connectivity index (χ4v) is 1.50. The molecule has 1 aromatic rings. The molecule has 0 N–H and O–H groups in total. The fourth-order valence-electron chi connectivity index (χ4n) is 1.13. The molecule has 0 aliphatic rings. The minimum Gasteiger partial charge on any atom is -0.188 e. The molecule has 78 valence electrons. The first-order valence-electron chi connectivity index (χ1n) is 4.88. The Morgan fingerprint density at radius 2 is 2.29 bits per heavy atom. The molecule has 0 bridgehead atoms. The lowest BCUT2D eigenvalue weighted by Gasteiger charge is -2.08. The van der Waals surface area contributed by atoms with Gasteiger partial charge in [-0.2, -0.15) is 4.57 Å². The van der Waals surface area contributed by atoms with Crippen LogP contribution in [0, 0.1) is 0 Å². The topological polar surface area (TPSA) is 38.8 Å². The molecule has 0 aromatic carbocycles. The molecule has 0 saturated carbocycles. The molecule has 0 saturated heterocycles. The Labute approximate surface area is 86.1 Å². The molecule has 1 heterocycles. The summed E-state index contributed by atoms with van der Waals surface area (Å²) in [4.78, 5) is 0. The summed E-state index contributed by atoms with van der Waals surface area (Å²) in [5, 5.41) is 3.91. The van der Waals surface area contributed by atoms with Gasteiger partial charge in [0.05, 0.1) is 0 Å². The Bertz CT molecular complexity index is 324. The maximum Gasteiger partial charge on any atom is 0.368 e. The molecule has 0 fully saturated rings. The predicted molar refractivity (Wildman–Crippen MR) is 55.7 cm³/mol. The molecule has 0 spiro atoms. The van der Waals surface area contributed by atoms with Crippen LogP contribution in [0.15, 0.2) is 12.7 Å². The van der Waals surface area contributed by atoms with Gasteiger partial charge >= 0.3 is 8.46 Å². The van der Waals surface area contributed by atoms with Gasteiger partial charge in [0.25, 0.3) is 11.6 Å². The Hall–Kier alpha value is -0.760. The SMILES string of the molecule is CCC(C)([PH+]=O)[n+]1cnn(C(C)C)c1. The second-order valence-corrected chi connectivity index (χ2v) is 5.24. The first-order chi connectivity index (χ1) is 6.53. The van der Waals surface area contributed by atoms with Gasteiger partial charge in [-0.25, -0.2) is 0 Å². The predicted octanol–water partition coefficient (Wildman–Crippen LogP) is 1.86. The van der Waals surface area contributed by atoms with Crippen molar-refractivity contribution >= 4 is 8.46 Å². The smallest absolute Gasteiger partial charge is 0.188 e. The van der Waals surface area contributed by atoms with E-state index in [1.807, 2.05) is 29.4 Å². The van der Waals surface area contributed by atoms with E-state index in [0.29, 0.717) is 6.04 Å². The zero-order valence-corrected chi connectivity index (χ0v) is 10.2. The van der Waals surface area contributed by atoms with Crippen molar-refractivity contribution in [3.63, 3.8) is 0 Å². The number of aromatic nitrogens is 3. The molecule has 2 unspecified atom stereocenters. The molecule has 0 amide bonds. The van der Waals surface area contributed by atoms with Crippen LogP contribution in [0.1, 0.15) is 40.2 Å². The normalized spacial score (nSPS) is 16.1. The van der Waals surface area contributed by atoms with Crippen molar-refractivity contribution in [3.05, 3.63) is 12.7 Å². The maximum atomic E-state index is 11.1. The molecule has 4 nitrogen and oxygen atoms in total. The van der Waals surface area contributed by atoms with Gasteiger partial charge in [0, 0.05) is 18.4 Å². The van der Waals surface area contributed by atoms with E-state index < -0.39 is 0 Å². The average molecular weight is 215 g/mol. The van der Waals surface area contributed by atoms with Crippen LogP contribution in [-0.2, 0) is 9.85 Å². The van der Waals surface area contributed by atoms with Crippen LogP contribution < -0.4 is 4.57 Å². The van der Waals surface area contributed by atoms with Gasteiger partial charge < -0.3 is 0 Å². The molecule has 14 heavy (non-hydrogen) atoms. The highest BCUT2D eigenvalue weighted by atomic mass is 31.1. The van der Waals surface area contributed by atoms with Crippen LogP contribution in [0.2, 0.25) is 0 Å². The maximum absolute atomic E-state index is 11.1. The number of rotatable bonds is 4. The van der Waals surface area contributed by atoms with E-state index in [4.69, 9.17) is 0 Å². The zero-order valence-electron chi connectivity index (χ0n) is 9.19. The van der Waals surface area contributed by atoms with Crippen LogP contribution in [-0.4, -0.2) is 9.78 Å². The number of nitrogens with zero attached hydrogens (tertiary/aromatic N) is 3. The van der Waals surface area contributed by atoms with E-state index in [1.54, 1.807) is 6.33 Å². The monoisotopic (exact) mass is 215 g/mol. The van der Waals surface area contributed by atoms with Crippen molar-refractivity contribution in [3.8, 4) is 0 Å². The Kier molecular flexibility index (Phi) is 3.38. The summed E-state index contributed by atoms with van der Waals surface area (Å²) in [6.07, 6.45) is 4.50. The Balaban J connectivity index is 3.01. The van der Waals surface area contributed by atoms with Gasteiger partial charge in [0.1, 0.15) is 6.04 Å². The quantitative estimate of drug-likeness (QED) is 0.568. The first-order valence-corrected chi connectivity index (χ1v) is 5.79. The van der Waals surface area contributed by atoms with E-state index in [9.17, 15) is 4.57 Å². The highest BCUT2D eigenvalue weighted by molar-refractivity contribution is 7.24. The van der Waals surface area contributed by atoms with E-state index in [2.05, 4.69) is 18.9 Å². The van der Waals surface area contributed by atoms with E-state index in [-0.39, 0.29) is 13.7 Å². The van der Waals surface area contributed by atoms with Gasteiger partial charge in [0.15, 0.2) is 0 Å². The Morgan fingerprint density at radius 3 is 2.64 bits per heavy atom. The highest BCUT2D eigenvalue weighted by Crippen LogP contribution is 2.25. The first kappa shape index (κ1) is 11.3. The van der Waals surface area contributed by atoms with Crippen molar-refractivity contribution in [2.45, 2.75) is 45.4 Å². The van der Waals surface area contributed by atoms with Crippen molar-refractivity contribution in [2.75, 3.05) is 0 Å². The van der Waals surface area contributed by atoms with Crippen LogP contribution in [0.3, 0.4) is 0 Å². The van der Waals surface area contributed by atoms with Gasteiger partial charge in [-0.05, 0) is 13.8 Å². The number of hydrogen-bond donors (Lipinski definition) is 0. The third kappa shape index (κ3) is 2.01. The fraction of sp³-hybridized carbons (Fsp3) is 0.778. The summed E-state index contributed by atoms with van der Waals surface area (Å²) in [6.45, 7) is 8.15. The second-order valence-electron chi connectivity index (χ2n) is 3.96. The largest absolute Gasteiger partial charge is 0.368 e. The van der Waals surface area contributed by atoms with Gasteiger partial charge in [-0.1, -0.05) is 11.5 Å². The summed E-state index contributed by atoms with van der Waals surface area (Å²) < 4.78 is 14.9. The van der Waals surface area contributed by atoms with Gasteiger partial charge in [0.2, 0.25) is 6.33 Å². The molecular weight excluding hydrogens is 197 g/mol. The van der Waals surface area contributed by atoms with E-state index in [1.165, 1.54) is 0 Å². The molecule has 2 atom stereocenters.